The van der Waals surface area contributed by atoms with Crippen LogP contribution in [0.5, 0.6) is 0 Å². The third kappa shape index (κ3) is 4.96. The highest BCUT2D eigenvalue weighted by molar-refractivity contribution is 8.01. The molecule has 1 aromatic carbocycles. The van der Waals surface area contributed by atoms with Gasteiger partial charge in [-0.3, -0.25) is 4.79 Å². The number of morpholine rings is 1. The Hall–Kier alpha value is -1.64. The number of thioether (sulfide) groups is 1. The SMILES string of the molecule is Cc1ccc(Nc2nnc(SCC(=O)N3C[C@H](C)O[C@@H](C)C3)s2)cc1C. The van der Waals surface area contributed by atoms with Crippen molar-refractivity contribution in [3.63, 3.8) is 0 Å². The van der Waals surface area contributed by atoms with Gasteiger partial charge in [-0.2, -0.15) is 0 Å². The van der Waals surface area contributed by atoms with Gasteiger partial charge in [-0.05, 0) is 51.0 Å². The summed E-state index contributed by atoms with van der Waals surface area (Å²) < 4.78 is 6.47. The van der Waals surface area contributed by atoms with Crippen LogP contribution < -0.4 is 5.32 Å². The zero-order valence-electron chi connectivity index (χ0n) is 15.5. The zero-order chi connectivity index (χ0) is 18.7. The van der Waals surface area contributed by atoms with Crippen molar-refractivity contribution in [1.29, 1.82) is 0 Å². The number of amides is 1. The second-order valence-corrected chi connectivity index (χ2v) is 8.84. The summed E-state index contributed by atoms with van der Waals surface area (Å²) in [7, 11) is 0. The lowest BCUT2D eigenvalue weighted by Gasteiger charge is -2.35. The van der Waals surface area contributed by atoms with Gasteiger partial charge in [-0.25, -0.2) is 0 Å². The Balaban J connectivity index is 1.53. The van der Waals surface area contributed by atoms with Crippen molar-refractivity contribution in [2.75, 3.05) is 24.2 Å². The van der Waals surface area contributed by atoms with Crippen LogP contribution >= 0.6 is 23.1 Å². The maximum absolute atomic E-state index is 12.4. The third-order valence-corrected chi connectivity index (χ3v) is 6.21. The maximum atomic E-state index is 12.4. The van der Waals surface area contributed by atoms with Gasteiger partial charge < -0.3 is 15.0 Å². The zero-order valence-corrected chi connectivity index (χ0v) is 17.1. The third-order valence-electron chi connectivity index (χ3n) is 4.26. The van der Waals surface area contributed by atoms with Crippen LogP contribution in [0.15, 0.2) is 22.5 Å². The molecule has 1 saturated heterocycles. The normalized spacial score (nSPS) is 20.2. The van der Waals surface area contributed by atoms with Crippen LogP contribution in [0, 0.1) is 13.8 Å². The summed E-state index contributed by atoms with van der Waals surface area (Å²) >= 11 is 2.90. The number of carbonyl (C=O) groups is 1. The van der Waals surface area contributed by atoms with Crippen LogP contribution in [0.1, 0.15) is 25.0 Å². The van der Waals surface area contributed by atoms with Crippen molar-refractivity contribution in [1.82, 2.24) is 15.1 Å². The summed E-state index contributed by atoms with van der Waals surface area (Å²) in [5.41, 5.74) is 3.48. The summed E-state index contributed by atoms with van der Waals surface area (Å²) in [6.07, 6.45) is 0.172. The largest absolute Gasteiger partial charge is 0.372 e. The summed E-state index contributed by atoms with van der Waals surface area (Å²) in [4.78, 5) is 14.3. The van der Waals surface area contributed by atoms with Gasteiger partial charge in [0.2, 0.25) is 11.0 Å². The minimum Gasteiger partial charge on any atom is -0.372 e. The Morgan fingerprint density at radius 2 is 2.00 bits per heavy atom. The molecule has 26 heavy (non-hydrogen) atoms. The lowest BCUT2D eigenvalue weighted by molar-refractivity contribution is -0.140. The molecular weight excluding hydrogens is 368 g/mol. The van der Waals surface area contributed by atoms with Crippen LogP contribution in [0.4, 0.5) is 10.8 Å². The fraction of sp³-hybridized carbons (Fsp3) is 0.500. The van der Waals surface area contributed by atoms with Crippen molar-refractivity contribution < 1.29 is 9.53 Å². The molecule has 0 bridgehead atoms. The van der Waals surface area contributed by atoms with Crippen LogP contribution in [0.2, 0.25) is 0 Å². The lowest BCUT2D eigenvalue weighted by atomic mass is 10.1. The van der Waals surface area contributed by atoms with Crippen molar-refractivity contribution >= 4 is 39.8 Å². The van der Waals surface area contributed by atoms with Crippen LogP contribution in [-0.4, -0.2) is 52.1 Å². The number of nitrogens with one attached hydrogen (secondary N) is 1. The molecular formula is C18H24N4O2S2. The van der Waals surface area contributed by atoms with Gasteiger partial charge in [-0.1, -0.05) is 29.2 Å². The Labute approximate surface area is 162 Å². The fourth-order valence-corrected chi connectivity index (χ4v) is 4.53. The predicted octanol–water partition coefficient (Wildman–Crippen LogP) is 3.63. The highest BCUT2D eigenvalue weighted by atomic mass is 32.2. The van der Waals surface area contributed by atoms with E-state index in [9.17, 15) is 4.79 Å². The van der Waals surface area contributed by atoms with Gasteiger partial charge in [0, 0.05) is 18.8 Å². The predicted molar refractivity (Wildman–Crippen MR) is 106 cm³/mol. The Morgan fingerprint density at radius 3 is 2.69 bits per heavy atom. The maximum Gasteiger partial charge on any atom is 0.233 e. The first kappa shape index (κ1) is 19.1. The molecule has 140 valence electrons. The van der Waals surface area contributed by atoms with Gasteiger partial charge in [0.15, 0.2) is 4.34 Å². The molecule has 1 aliphatic rings. The molecule has 0 radical (unpaired) electrons. The van der Waals surface area contributed by atoms with Crippen LogP contribution in [0.25, 0.3) is 0 Å². The van der Waals surface area contributed by atoms with Gasteiger partial charge in [0.1, 0.15) is 0 Å². The molecule has 1 N–H and O–H groups in total. The average molecular weight is 393 g/mol. The second-order valence-electron chi connectivity index (χ2n) is 6.64. The minimum atomic E-state index is 0.0861. The van der Waals surface area contributed by atoms with E-state index in [0.29, 0.717) is 18.8 Å². The summed E-state index contributed by atoms with van der Waals surface area (Å²) in [5.74, 6) is 0.494. The van der Waals surface area contributed by atoms with E-state index in [0.717, 1.165) is 15.2 Å². The van der Waals surface area contributed by atoms with E-state index in [-0.39, 0.29) is 18.1 Å². The molecule has 0 aliphatic carbocycles. The smallest absolute Gasteiger partial charge is 0.233 e. The number of aryl methyl sites for hydroxylation is 2. The van der Waals surface area contributed by atoms with E-state index in [1.54, 1.807) is 0 Å². The van der Waals surface area contributed by atoms with Gasteiger partial charge >= 0.3 is 0 Å². The van der Waals surface area contributed by atoms with E-state index in [1.807, 2.05) is 24.8 Å². The molecule has 2 aromatic rings. The van der Waals surface area contributed by atoms with E-state index in [2.05, 4.69) is 41.5 Å². The number of benzene rings is 1. The number of carbonyl (C=O) groups excluding carboxylic acids is 1. The van der Waals surface area contributed by atoms with Crippen molar-refractivity contribution in [2.45, 2.75) is 44.2 Å². The van der Waals surface area contributed by atoms with Crippen LogP contribution in [0.3, 0.4) is 0 Å². The number of aromatic nitrogens is 2. The highest BCUT2D eigenvalue weighted by Gasteiger charge is 2.25. The van der Waals surface area contributed by atoms with E-state index >= 15 is 0 Å². The monoisotopic (exact) mass is 392 g/mol. The van der Waals surface area contributed by atoms with Gasteiger partial charge in [0.25, 0.3) is 0 Å². The minimum absolute atomic E-state index is 0.0861. The molecule has 3 rings (SSSR count). The van der Waals surface area contributed by atoms with E-state index < -0.39 is 0 Å². The molecule has 0 unspecified atom stereocenters. The molecule has 2 atom stereocenters. The highest BCUT2D eigenvalue weighted by Crippen LogP contribution is 2.28. The standard InChI is InChI=1S/C18H24N4O2S2/c1-11-5-6-15(7-12(11)2)19-17-20-21-18(26-17)25-10-16(23)22-8-13(3)24-14(4)9-22/h5-7,13-14H,8-10H2,1-4H3,(H,19,20)/t13-,14-/m0/s1. The van der Waals surface area contributed by atoms with Crippen LogP contribution in [-0.2, 0) is 9.53 Å². The number of hydrogen-bond acceptors (Lipinski definition) is 7. The number of hydrogen-bond donors (Lipinski definition) is 1. The van der Waals surface area contributed by atoms with E-state index in [4.69, 9.17) is 4.74 Å². The topological polar surface area (TPSA) is 67.4 Å². The van der Waals surface area contributed by atoms with Crippen molar-refractivity contribution in [3.05, 3.63) is 29.3 Å². The Morgan fingerprint density at radius 1 is 1.27 bits per heavy atom. The molecule has 8 heteroatoms. The molecule has 6 nitrogen and oxygen atoms in total. The number of anilines is 2. The molecule has 2 heterocycles. The molecule has 1 amide bonds. The van der Waals surface area contributed by atoms with Crippen molar-refractivity contribution in [3.8, 4) is 0 Å². The van der Waals surface area contributed by atoms with Gasteiger partial charge in [0.05, 0.1) is 18.0 Å². The first-order valence-electron chi connectivity index (χ1n) is 8.64. The fourth-order valence-electron chi connectivity index (χ4n) is 2.86. The number of nitrogens with zero attached hydrogens (tertiary/aromatic N) is 3. The quantitative estimate of drug-likeness (QED) is 0.784. The molecule has 1 aliphatic heterocycles. The second kappa shape index (κ2) is 8.37. The summed E-state index contributed by atoms with van der Waals surface area (Å²) in [6, 6.07) is 6.20. The molecule has 1 aromatic heterocycles. The first-order chi connectivity index (χ1) is 12.4. The number of ether oxygens (including phenoxy) is 1. The Bertz CT molecular complexity index is 770. The average Bonchev–Trinajstić information content (AvgIpc) is 3.02. The lowest BCUT2D eigenvalue weighted by Crippen LogP contribution is -2.48. The van der Waals surface area contributed by atoms with E-state index in [1.165, 1.54) is 34.2 Å². The first-order valence-corrected chi connectivity index (χ1v) is 10.4. The number of rotatable bonds is 5. The summed E-state index contributed by atoms with van der Waals surface area (Å²) in [6.45, 7) is 9.47. The van der Waals surface area contributed by atoms with Gasteiger partial charge in [-0.15, -0.1) is 10.2 Å². The summed E-state index contributed by atoms with van der Waals surface area (Å²) in [5, 5.41) is 12.4. The molecule has 1 fully saturated rings. The molecule has 0 saturated carbocycles. The molecule has 0 spiro atoms. The van der Waals surface area contributed by atoms with Crippen molar-refractivity contribution in [2.24, 2.45) is 0 Å². The Kier molecular flexibility index (Phi) is 6.16.